The van der Waals surface area contributed by atoms with Gasteiger partial charge in [0, 0.05) is 12.5 Å². The Morgan fingerprint density at radius 2 is 1.79 bits per heavy atom. The van der Waals surface area contributed by atoms with Crippen molar-refractivity contribution >= 4 is 10.1 Å². The van der Waals surface area contributed by atoms with Crippen molar-refractivity contribution < 1.29 is 21.5 Å². The molecular formula is C16H13FN2O4S. The first-order valence-corrected chi connectivity index (χ1v) is 8.37. The highest BCUT2D eigenvalue weighted by Gasteiger charge is 2.19. The Morgan fingerprint density at radius 3 is 2.38 bits per heavy atom. The normalized spacial score (nSPS) is 11.5. The molecule has 0 radical (unpaired) electrons. The average Bonchev–Trinajstić information content (AvgIpc) is 2.93. The summed E-state index contributed by atoms with van der Waals surface area (Å²) in [4.78, 5) is 4.00. The third-order valence-corrected chi connectivity index (χ3v) is 4.66. The molecule has 0 aliphatic heterocycles. The molecule has 124 valence electrons. The van der Waals surface area contributed by atoms with Crippen LogP contribution in [-0.4, -0.2) is 18.6 Å². The summed E-state index contributed by atoms with van der Waals surface area (Å²) in [6.45, 7) is 3.17. The molecule has 8 heteroatoms. The quantitative estimate of drug-likeness (QED) is 0.673. The second-order valence-electron chi connectivity index (χ2n) is 5.11. The molecule has 0 spiro atoms. The fourth-order valence-corrected chi connectivity index (χ4v) is 3.28. The Balaban J connectivity index is 1.85. The third kappa shape index (κ3) is 3.28. The molecule has 0 aliphatic rings. The van der Waals surface area contributed by atoms with Gasteiger partial charge in [-0.05, 0) is 55.0 Å². The number of aromatic nitrogens is 2. The standard InChI is InChI=1S/C16H13FN2O4S/c1-10-9-13(17)5-8-15(10)24(20,21)23-14-6-3-12(4-7-14)16-18-11(2)22-19-16/h3-9H,1-2H3. The van der Waals surface area contributed by atoms with Crippen LogP contribution in [0.1, 0.15) is 11.5 Å². The Kier molecular flexibility index (Phi) is 4.06. The van der Waals surface area contributed by atoms with Crippen molar-refractivity contribution in [3.63, 3.8) is 0 Å². The number of hydrogen-bond donors (Lipinski definition) is 0. The molecule has 1 heterocycles. The highest BCUT2D eigenvalue weighted by molar-refractivity contribution is 7.87. The summed E-state index contributed by atoms with van der Waals surface area (Å²) in [5, 5.41) is 3.78. The van der Waals surface area contributed by atoms with Crippen LogP contribution in [0.4, 0.5) is 4.39 Å². The van der Waals surface area contributed by atoms with Crippen LogP contribution in [0.5, 0.6) is 5.75 Å². The fourth-order valence-electron chi connectivity index (χ4n) is 2.14. The molecule has 3 rings (SSSR count). The van der Waals surface area contributed by atoms with Gasteiger partial charge in [0.25, 0.3) is 0 Å². The molecule has 0 atom stereocenters. The van der Waals surface area contributed by atoms with Crippen molar-refractivity contribution in [3.8, 4) is 17.1 Å². The third-order valence-electron chi connectivity index (χ3n) is 3.25. The van der Waals surface area contributed by atoms with E-state index in [1.807, 2.05) is 0 Å². The SMILES string of the molecule is Cc1nc(-c2ccc(OS(=O)(=O)c3ccc(F)cc3C)cc2)no1. The topological polar surface area (TPSA) is 82.3 Å². The molecule has 3 aromatic rings. The molecule has 0 amide bonds. The number of rotatable bonds is 4. The van der Waals surface area contributed by atoms with Gasteiger partial charge in [-0.25, -0.2) is 4.39 Å². The summed E-state index contributed by atoms with van der Waals surface area (Å²) in [6, 6.07) is 9.59. The lowest BCUT2D eigenvalue weighted by Crippen LogP contribution is -2.11. The predicted molar refractivity (Wildman–Crippen MR) is 83.4 cm³/mol. The fraction of sp³-hybridized carbons (Fsp3) is 0.125. The molecule has 0 aliphatic carbocycles. The van der Waals surface area contributed by atoms with Gasteiger partial charge >= 0.3 is 10.1 Å². The summed E-state index contributed by atoms with van der Waals surface area (Å²) in [6.07, 6.45) is 0. The first-order chi connectivity index (χ1) is 11.3. The first-order valence-electron chi connectivity index (χ1n) is 6.96. The molecule has 0 saturated carbocycles. The van der Waals surface area contributed by atoms with Crippen molar-refractivity contribution in [1.82, 2.24) is 10.1 Å². The number of aryl methyl sites for hydroxylation is 2. The second-order valence-corrected chi connectivity index (χ2v) is 6.62. The van der Waals surface area contributed by atoms with E-state index < -0.39 is 15.9 Å². The summed E-state index contributed by atoms with van der Waals surface area (Å²) in [5.41, 5.74) is 0.934. The smallest absolute Gasteiger partial charge is 0.339 e. The van der Waals surface area contributed by atoms with Gasteiger partial charge in [0.1, 0.15) is 16.5 Å². The molecule has 0 saturated heterocycles. The van der Waals surface area contributed by atoms with Gasteiger partial charge in [0.05, 0.1) is 0 Å². The molecule has 0 unspecified atom stereocenters. The van der Waals surface area contributed by atoms with Crippen LogP contribution in [0.2, 0.25) is 0 Å². The van der Waals surface area contributed by atoms with Gasteiger partial charge in [-0.2, -0.15) is 13.4 Å². The lowest BCUT2D eigenvalue weighted by molar-refractivity contribution is 0.394. The molecule has 0 fully saturated rings. The van der Waals surface area contributed by atoms with Crippen LogP contribution < -0.4 is 4.18 Å². The highest BCUT2D eigenvalue weighted by Crippen LogP contribution is 2.24. The van der Waals surface area contributed by atoms with E-state index in [0.29, 0.717) is 17.3 Å². The Labute approximate surface area is 138 Å². The second kappa shape index (κ2) is 6.04. The lowest BCUT2D eigenvalue weighted by Gasteiger charge is -2.09. The van der Waals surface area contributed by atoms with Crippen LogP contribution in [0, 0.1) is 19.7 Å². The number of nitrogens with zero attached hydrogens (tertiary/aromatic N) is 2. The molecule has 2 aromatic carbocycles. The zero-order valence-electron chi connectivity index (χ0n) is 12.9. The van der Waals surface area contributed by atoms with Crippen molar-refractivity contribution in [2.24, 2.45) is 0 Å². The van der Waals surface area contributed by atoms with E-state index >= 15 is 0 Å². The van der Waals surface area contributed by atoms with E-state index in [2.05, 4.69) is 10.1 Å². The van der Waals surface area contributed by atoms with Crippen LogP contribution in [0.15, 0.2) is 51.9 Å². The maximum atomic E-state index is 13.1. The van der Waals surface area contributed by atoms with Crippen molar-refractivity contribution in [2.75, 3.05) is 0 Å². The van der Waals surface area contributed by atoms with E-state index in [1.54, 1.807) is 19.1 Å². The zero-order valence-corrected chi connectivity index (χ0v) is 13.7. The Bertz CT molecular complexity index is 982. The van der Waals surface area contributed by atoms with Crippen LogP contribution in [0.25, 0.3) is 11.4 Å². The van der Waals surface area contributed by atoms with E-state index in [0.717, 1.165) is 12.1 Å². The lowest BCUT2D eigenvalue weighted by atomic mass is 10.2. The maximum absolute atomic E-state index is 13.1. The van der Waals surface area contributed by atoms with Gasteiger partial charge in [-0.15, -0.1) is 0 Å². The highest BCUT2D eigenvalue weighted by atomic mass is 32.2. The number of halogens is 1. The van der Waals surface area contributed by atoms with Crippen molar-refractivity contribution in [3.05, 3.63) is 59.7 Å². The predicted octanol–water partition coefficient (Wildman–Crippen LogP) is 3.26. The summed E-state index contributed by atoms with van der Waals surface area (Å²) < 4.78 is 47.7. The van der Waals surface area contributed by atoms with Gasteiger partial charge in [0.2, 0.25) is 11.7 Å². The summed E-state index contributed by atoms with van der Waals surface area (Å²) >= 11 is 0. The van der Waals surface area contributed by atoms with E-state index in [9.17, 15) is 12.8 Å². The molecule has 24 heavy (non-hydrogen) atoms. The number of hydrogen-bond acceptors (Lipinski definition) is 6. The minimum absolute atomic E-state index is 0.0817. The average molecular weight is 348 g/mol. The van der Waals surface area contributed by atoms with Gasteiger partial charge in [-0.3, -0.25) is 0 Å². The molecular weight excluding hydrogens is 335 g/mol. The molecule has 0 N–H and O–H groups in total. The van der Waals surface area contributed by atoms with Gasteiger partial charge < -0.3 is 8.71 Å². The minimum Gasteiger partial charge on any atom is -0.379 e. The summed E-state index contributed by atoms with van der Waals surface area (Å²) in [7, 11) is -4.05. The Hall–Kier alpha value is -2.74. The maximum Gasteiger partial charge on any atom is 0.339 e. The van der Waals surface area contributed by atoms with Crippen LogP contribution in [0.3, 0.4) is 0 Å². The summed E-state index contributed by atoms with van der Waals surface area (Å²) in [5.74, 6) is 0.449. The Morgan fingerprint density at radius 1 is 1.08 bits per heavy atom. The van der Waals surface area contributed by atoms with Crippen molar-refractivity contribution in [1.29, 1.82) is 0 Å². The van der Waals surface area contributed by atoms with E-state index in [-0.39, 0.29) is 16.2 Å². The monoisotopic (exact) mass is 348 g/mol. The van der Waals surface area contributed by atoms with Crippen LogP contribution >= 0.6 is 0 Å². The molecule has 0 bridgehead atoms. The first kappa shape index (κ1) is 16.1. The minimum atomic E-state index is -4.05. The largest absolute Gasteiger partial charge is 0.379 e. The zero-order chi connectivity index (χ0) is 17.3. The van der Waals surface area contributed by atoms with Crippen molar-refractivity contribution in [2.45, 2.75) is 18.7 Å². The van der Waals surface area contributed by atoms with E-state index in [1.165, 1.54) is 25.1 Å². The van der Waals surface area contributed by atoms with Gasteiger partial charge in [0.15, 0.2) is 0 Å². The van der Waals surface area contributed by atoms with Gasteiger partial charge in [-0.1, -0.05) is 5.16 Å². The number of benzene rings is 2. The van der Waals surface area contributed by atoms with Crippen LogP contribution in [-0.2, 0) is 10.1 Å². The molecule has 6 nitrogen and oxygen atoms in total. The van der Waals surface area contributed by atoms with E-state index in [4.69, 9.17) is 8.71 Å². The molecule has 1 aromatic heterocycles.